The molecule has 0 aliphatic carbocycles. The Morgan fingerprint density at radius 3 is 3.17 bits per heavy atom. The van der Waals surface area contributed by atoms with Gasteiger partial charge in [0.15, 0.2) is 0 Å². The molecule has 1 aromatic rings. The van der Waals surface area contributed by atoms with Crippen LogP contribution in [-0.2, 0) is 0 Å². The van der Waals surface area contributed by atoms with E-state index in [-0.39, 0.29) is 12.0 Å². The van der Waals surface area contributed by atoms with E-state index in [0.717, 1.165) is 5.01 Å². The van der Waals surface area contributed by atoms with Gasteiger partial charge in [0.05, 0.1) is 0 Å². The van der Waals surface area contributed by atoms with Crippen molar-refractivity contribution < 1.29 is 5.21 Å². The van der Waals surface area contributed by atoms with Crippen LogP contribution in [0.25, 0.3) is 0 Å². The van der Waals surface area contributed by atoms with Gasteiger partial charge in [-0.15, -0.1) is 11.3 Å². The van der Waals surface area contributed by atoms with E-state index in [0.29, 0.717) is 0 Å². The van der Waals surface area contributed by atoms with Crippen LogP contribution in [0.1, 0.15) is 18.0 Å². The standard InChI is InChI=1S/C6H10N4OS/c1-4(9-6(7)10-11)5-8-2-3-12-5/h2-4,11H,1H3,(H3,7,9,10). The SMILES string of the molecule is CC(N=C(N)NO)c1nccs1. The monoisotopic (exact) mass is 186 g/mol. The summed E-state index contributed by atoms with van der Waals surface area (Å²) in [6.45, 7) is 1.85. The molecule has 0 bridgehead atoms. The average molecular weight is 186 g/mol. The lowest BCUT2D eigenvalue weighted by molar-refractivity contribution is 0.232. The second kappa shape index (κ2) is 4.03. The van der Waals surface area contributed by atoms with Crippen LogP contribution in [0.3, 0.4) is 0 Å². The molecule has 0 aromatic carbocycles. The number of thiazole rings is 1. The number of rotatable bonds is 2. The van der Waals surface area contributed by atoms with Gasteiger partial charge in [-0.3, -0.25) is 5.21 Å². The Labute approximate surface area is 73.9 Å². The minimum Gasteiger partial charge on any atom is -0.368 e. The largest absolute Gasteiger partial charge is 0.368 e. The first-order valence-corrected chi connectivity index (χ1v) is 4.24. The van der Waals surface area contributed by atoms with Crippen LogP contribution in [-0.4, -0.2) is 16.2 Å². The third-order valence-electron chi connectivity index (χ3n) is 1.26. The first kappa shape index (κ1) is 8.95. The Hall–Kier alpha value is -1.14. The second-order valence-electron chi connectivity index (χ2n) is 2.17. The van der Waals surface area contributed by atoms with Gasteiger partial charge in [-0.1, -0.05) is 0 Å². The van der Waals surface area contributed by atoms with Crippen molar-refractivity contribution in [3.05, 3.63) is 16.6 Å². The molecular weight excluding hydrogens is 176 g/mol. The second-order valence-corrected chi connectivity index (χ2v) is 3.10. The highest BCUT2D eigenvalue weighted by molar-refractivity contribution is 7.09. The molecule has 4 N–H and O–H groups in total. The number of hydroxylamine groups is 1. The molecule has 1 rings (SSSR count). The van der Waals surface area contributed by atoms with Crippen LogP contribution < -0.4 is 11.2 Å². The molecule has 0 saturated carbocycles. The lowest BCUT2D eigenvalue weighted by Crippen LogP contribution is -2.28. The summed E-state index contributed by atoms with van der Waals surface area (Å²) in [4.78, 5) is 7.97. The minimum absolute atomic E-state index is 0.00213. The third-order valence-corrected chi connectivity index (χ3v) is 2.20. The summed E-state index contributed by atoms with van der Waals surface area (Å²) in [6.07, 6.45) is 1.70. The molecule has 0 aliphatic rings. The molecule has 5 nitrogen and oxygen atoms in total. The van der Waals surface area contributed by atoms with Gasteiger partial charge >= 0.3 is 0 Å². The van der Waals surface area contributed by atoms with E-state index < -0.39 is 0 Å². The predicted molar refractivity (Wildman–Crippen MR) is 47.1 cm³/mol. The molecule has 1 atom stereocenters. The highest BCUT2D eigenvalue weighted by Gasteiger charge is 2.05. The van der Waals surface area contributed by atoms with E-state index in [1.165, 1.54) is 11.3 Å². The molecule has 0 amide bonds. The normalized spacial score (nSPS) is 14.3. The molecule has 12 heavy (non-hydrogen) atoms. The van der Waals surface area contributed by atoms with E-state index in [2.05, 4.69) is 9.98 Å². The predicted octanol–water partition coefficient (Wildman–Crippen LogP) is 0.498. The van der Waals surface area contributed by atoms with E-state index in [4.69, 9.17) is 10.9 Å². The lowest BCUT2D eigenvalue weighted by atomic mass is 10.4. The molecule has 0 aliphatic heterocycles. The van der Waals surface area contributed by atoms with Crippen molar-refractivity contribution >= 4 is 17.3 Å². The van der Waals surface area contributed by atoms with Gasteiger partial charge in [0.1, 0.15) is 11.0 Å². The highest BCUT2D eigenvalue weighted by Crippen LogP contribution is 2.17. The van der Waals surface area contributed by atoms with Gasteiger partial charge in [-0.2, -0.15) is 0 Å². The zero-order chi connectivity index (χ0) is 8.97. The number of nitrogens with two attached hydrogens (primary N) is 1. The molecule has 0 radical (unpaired) electrons. The number of aromatic nitrogens is 1. The first-order valence-electron chi connectivity index (χ1n) is 3.37. The van der Waals surface area contributed by atoms with E-state index in [1.807, 2.05) is 12.3 Å². The molecule has 1 aromatic heterocycles. The summed E-state index contributed by atoms with van der Waals surface area (Å²) in [6, 6.07) is -0.121. The molecular formula is C6H10N4OS. The van der Waals surface area contributed by atoms with Crippen LogP contribution in [0.15, 0.2) is 16.6 Å². The zero-order valence-corrected chi connectivity index (χ0v) is 7.38. The van der Waals surface area contributed by atoms with Gasteiger partial charge in [-0.05, 0) is 6.92 Å². The molecule has 1 heterocycles. The topological polar surface area (TPSA) is 83.5 Å². The smallest absolute Gasteiger partial charge is 0.213 e. The summed E-state index contributed by atoms with van der Waals surface area (Å²) in [7, 11) is 0. The minimum atomic E-state index is -0.121. The van der Waals surface area contributed by atoms with Crippen molar-refractivity contribution in [1.82, 2.24) is 10.5 Å². The summed E-state index contributed by atoms with van der Waals surface area (Å²) in [5.74, 6) is -0.00213. The van der Waals surface area contributed by atoms with Crippen LogP contribution in [0, 0.1) is 0 Å². The maximum atomic E-state index is 8.36. The number of nitrogens with one attached hydrogen (secondary N) is 1. The number of guanidine groups is 1. The number of hydrogen-bond acceptors (Lipinski definition) is 4. The summed E-state index contributed by atoms with van der Waals surface area (Å²) in [5.41, 5.74) is 7.01. The van der Waals surface area contributed by atoms with Crippen LogP contribution in [0.2, 0.25) is 0 Å². The van der Waals surface area contributed by atoms with E-state index >= 15 is 0 Å². The molecule has 66 valence electrons. The fourth-order valence-corrected chi connectivity index (χ4v) is 1.37. The molecule has 0 fully saturated rings. The van der Waals surface area contributed by atoms with Crippen LogP contribution in [0.4, 0.5) is 0 Å². The molecule has 1 unspecified atom stereocenters. The van der Waals surface area contributed by atoms with E-state index in [9.17, 15) is 0 Å². The summed E-state index contributed by atoms with van der Waals surface area (Å²) < 4.78 is 0. The maximum Gasteiger partial charge on any atom is 0.213 e. The Balaban J connectivity index is 2.66. The van der Waals surface area contributed by atoms with Crippen molar-refractivity contribution in [3.63, 3.8) is 0 Å². The van der Waals surface area contributed by atoms with Gasteiger partial charge in [0, 0.05) is 11.6 Å². The van der Waals surface area contributed by atoms with Crippen molar-refractivity contribution in [2.75, 3.05) is 0 Å². The van der Waals surface area contributed by atoms with Crippen molar-refractivity contribution in [1.29, 1.82) is 0 Å². The molecule has 6 heteroatoms. The Bertz CT molecular complexity index is 259. The number of nitrogens with zero attached hydrogens (tertiary/aromatic N) is 2. The van der Waals surface area contributed by atoms with Crippen LogP contribution >= 0.6 is 11.3 Å². The average Bonchev–Trinajstić information content (AvgIpc) is 2.56. The van der Waals surface area contributed by atoms with E-state index in [1.54, 1.807) is 11.7 Å². The zero-order valence-electron chi connectivity index (χ0n) is 6.56. The van der Waals surface area contributed by atoms with Gasteiger partial charge in [0.2, 0.25) is 5.96 Å². The fraction of sp³-hybridized carbons (Fsp3) is 0.333. The lowest BCUT2D eigenvalue weighted by Gasteiger charge is -2.02. The Morgan fingerprint density at radius 2 is 2.67 bits per heavy atom. The molecule has 0 spiro atoms. The van der Waals surface area contributed by atoms with Gasteiger partial charge in [-0.25, -0.2) is 15.5 Å². The Morgan fingerprint density at radius 1 is 1.92 bits per heavy atom. The van der Waals surface area contributed by atoms with Crippen molar-refractivity contribution in [2.24, 2.45) is 10.7 Å². The Kier molecular flexibility index (Phi) is 3.01. The summed E-state index contributed by atoms with van der Waals surface area (Å²) >= 11 is 1.50. The third kappa shape index (κ3) is 2.18. The quantitative estimate of drug-likeness (QED) is 0.357. The van der Waals surface area contributed by atoms with Gasteiger partial charge < -0.3 is 5.73 Å². The summed E-state index contributed by atoms with van der Waals surface area (Å²) in [5, 5.41) is 11.1. The van der Waals surface area contributed by atoms with Crippen LogP contribution in [0.5, 0.6) is 0 Å². The molecule has 0 saturated heterocycles. The number of aliphatic imine (C=N–C) groups is 1. The highest BCUT2D eigenvalue weighted by atomic mass is 32.1. The van der Waals surface area contributed by atoms with Crippen molar-refractivity contribution in [3.8, 4) is 0 Å². The first-order chi connectivity index (χ1) is 5.74. The number of hydrogen-bond donors (Lipinski definition) is 3. The van der Waals surface area contributed by atoms with Gasteiger partial charge in [0.25, 0.3) is 0 Å². The fourth-order valence-electron chi connectivity index (χ4n) is 0.734. The maximum absolute atomic E-state index is 8.36. The van der Waals surface area contributed by atoms with Crippen molar-refractivity contribution in [2.45, 2.75) is 13.0 Å².